The third kappa shape index (κ3) is 4.09. The van der Waals surface area contributed by atoms with Gasteiger partial charge in [-0.2, -0.15) is 0 Å². The summed E-state index contributed by atoms with van der Waals surface area (Å²) >= 11 is 0. The molecule has 0 aromatic heterocycles. The Morgan fingerprint density at radius 2 is 2.23 bits per heavy atom. The third-order valence-corrected chi connectivity index (χ3v) is 4.41. The molecule has 1 heterocycles. The van der Waals surface area contributed by atoms with Crippen molar-refractivity contribution in [2.75, 3.05) is 24.6 Å². The largest absolute Gasteiger partial charge is 0.316 e. The predicted octanol–water partition coefficient (Wildman–Crippen LogP) is 0.811. The molecule has 1 rings (SSSR count). The molecule has 78 valence electrons. The molecule has 0 aromatic rings. The highest BCUT2D eigenvalue weighted by Gasteiger charge is 2.20. The van der Waals surface area contributed by atoms with Gasteiger partial charge in [0.05, 0.1) is 5.75 Å². The van der Waals surface area contributed by atoms with Gasteiger partial charge in [0.25, 0.3) is 0 Å². The SMILES string of the molecule is CCCS(=O)(=O)C[C@@H]1CCCNC1. The fourth-order valence-corrected chi connectivity index (χ4v) is 3.61. The van der Waals surface area contributed by atoms with Gasteiger partial charge >= 0.3 is 0 Å². The van der Waals surface area contributed by atoms with Crippen LogP contribution in [-0.2, 0) is 9.84 Å². The Morgan fingerprint density at radius 3 is 2.77 bits per heavy atom. The topological polar surface area (TPSA) is 46.2 Å². The van der Waals surface area contributed by atoms with E-state index in [1.54, 1.807) is 0 Å². The molecular weight excluding hydrogens is 186 g/mol. The molecular formula is C9H19NO2S. The van der Waals surface area contributed by atoms with Crippen molar-refractivity contribution in [1.82, 2.24) is 5.32 Å². The van der Waals surface area contributed by atoms with Crippen LogP contribution in [0.4, 0.5) is 0 Å². The van der Waals surface area contributed by atoms with Gasteiger partial charge in [-0.25, -0.2) is 8.42 Å². The molecule has 0 spiro atoms. The van der Waals surface area contributed by atoms with Crippen LogP contribution in [0.2, 0.25) is 0 Å². The molecule has 0 unspecified atom stereocenters. The van der Waals surface area contributed by atoms with Crippen molar-refractivity contribution in [2.24, 2.45) is 5.92 Å². The number of piperidine rings is 1. The van der Waals surface area contributed by atoms with E-state index >= 15 is 0 Å². The standard InChI is InChI=1S/C9H19NO2S/c1-2-6-13(11,12)8-9-4-3-5-10-7-9/h9-10H,2-8H2,1H3/t9-/m1/s1. The summed E-state index contributed by atoms with van der Waals surface area (Å²) in [6.45, 7) is 3.84. The van der Waals surface area contributed by atoms with E-state index in [2.05, 4.69) is 5.32 Å². The second-order valence-corrected chi connectivity index (χ2v) is 6.06. The molecule has 1 saturated heterocycles. The van der Waals surface area contributed by atoms with Crippen LogP contribution in [0.25, 0.3) is 0 Å². The minimum Gasteiger partial charge on any atom is -0.316 e. The molecule has 1 aliphatic heterocycles. The zero-order valence-electron chi connectivity index (χ0n) is 8.25. The van der Waals surface area contributed by atoms with Gasteiger partial charge in [0.1, 0.15) is 0 Å². The maximum Gasteiger partial charge on any atom is 0.150 e. The minimum atomic E-state index is -2.77. The number of nitrogens with one attached hydrogen (secondary N) is 1. The van der Waals surface area contributed by atoms with Crippen molar-refractivity contribution < 1.29 is 8.42 Å². The van der Waals surface area contributed by atoms with Crippen molar-refractivity contribution in [3.63, 3.8) is 0 Å². The zero-order valence-corrected chi connectivity index (χ0v) is 9.07. The molecule has 0 aliphatic carbocycles. The van der Waals surface area contributed by atoms with E-state index in [-0.39, 0.29) is 0 Å². The molecule has 1 N–H and O–H groups in total. The summed E-state index contributed by atoms with van der Waals surface area (Å²) in [7, 11) is -2.77. The van der Waals surface area contributed by atoms with Gasteiger partial charge in [-0.15, -0.1) is 0 Å². The highest BCUT2D eigenvalue weighted by molar-refractivity contribution is 7.91. The molecule has 0 saturated carbocycles. The molecule has 0 radical (unpaired) electrons. The maximum atomic E-state index is 11.5. The van der Waals surface area contributed by atoms with E-state index in [1.165, 1.54) is 0 Å². The first kappa shape index (κ1) is 11.0. The molecule has 1 fully saturated rings. The van der Waals surface area contributed by atoms with Crippen molar-refractivity contribution in [1.29, 1.82) is 0 Å². The summed E-state index contributed by atoms with van der Waals surface area (Å²) in [6, 6.07) is 0. The smallest absolute Gasteiger partial charge is 0.150 e. The summed E-state index contributed by atoms with van der Waals surface area (Å²) in [5.74, 6) is 1.09. The van der Waals surface area contributed by atoms with Crippen LogP contribution in [0.15, 0.2) is 0 Å². The first-order valence-electron chi connectivity index (χ1n) is 5.05. The molecule has 13 heavy (non-hydrogen) atoms. The Hall–Kier alpha value is -0.0900. The van der Waals surface area contributed by atoms with Gasteiger partial charge in [-0.1, -0.05) is 6.92 Å². The Balaban J connectivity index is 2.37. The summed E-state index contributed by atoms with van der Waals surface area (Å²) < 4.78 is 22.9. The second kappa shape index (κ2) is 4.96. The predicted molar refractivity (Wildman–Crippen MR) is 54.5 cm³/mol. The van der Waals surface area contributed by atoms with E-state index in [4.69, 9.17) is 0 Å². The Bertz CT molecular complexity index is 230. The van der Waals surface area contributed by atoms with Gasteiger partial charge in [0.15, 0.2) is 9.84 Å². The van der Waals surface area contributed by atoms with Crippen LogP contribution in [0, 0.1) is 5.92 Å². The van der Waals surface area contributed by atoms with Gasteiger partial charge in [0, 0.05) is 5.75 Å². The zero-order chi connectivity index (χ0) is 9.73. The first-order valence-corrected chi connectivity index (χ1v) is 6.87. The number of rotatable bonds is 4. The van der Waals surface area contributed by atoms with Crippen LogP contribution < -0.4 is 5.32 Å². The van der Waals surface area contributed by atoms with Gasteiger partial charge in [-0.3, -0.25) is 0 Å². The average molecular weight is 205 g/mol. The highest BCUT2D eigenvalue weighted by Crippen LogP contribution is 2.13. The number of hydrogen-bond acceptors (Lipinski definition) is 3. The number of hydrogen-bond donors (Lipinski definition) is 1. The molecule has 1 aliphatic rings. The summed E-state index contributed by atoms with van der Waals surface area (Å²) in [4.78, 5) is 0. The second-order valence-electron chi connectivity index (χ2n) is 3.83. The molecule has 0 amide bonds. The molecule has 4 heteroatoms. The van der Waals surface area contributed by atoms with Crippen LogP contribution in [-0.4, -0.2) is 33.0 Å². The number of sulfone groups is 1. The Kier molecular flexibility index (Phi) is 4.19. The molecule has 3 nitrogen and oxygen atoms in total. The maximum absolute atomic E-state index is 11.5. The molecule has 0 aromatic carbocycles. The monoisotopic (exact) mass is 205 g/mol. The minimum absolute atomic E-state index is 0.351. The van der Waals surface area contributed by atoms with Crippen molar-refractivity contribution in [3.8, 4) is 0 Å². The lowest BCUT2D eigenvalue weighted by molar-refractivity contribution is 0.404. The summed E-state index contributed by atoms with van der Waals surface area (Å²) in [5.41, 5.74) is 0. The summed E-state index contributed by atoms with van der Waals surface area (Å²) in [5, 5.41) is 3.24. The lowest BCUT2D eigenvalue weighted by Gasteiger charge is -2.22. The quantitative estimate of drug-likeness (QED) is 0.739. The highest BCUT2D eigenvalue weighted by atomic mass is 32.2. The van der Waals surface area contributed by atoms with Crippen LogP contribution in [0.5, 0.6) is 0 Å². The summed E-state index contributed by atoms with van der Waals surface area (Å²) in [6.07, 6.45) is 2.92. The lowest BCUT2D eigenvalue weighted by atomic mass is 10.0. The van der Waals surface area contributed by atoms with Crippen molar-refractivity contribution >= 4 is 9.84 Å². The van der Waals surface area contributed by atoms with E-state index in [0.717, 1.165) is 32.4 Å². The average Bonchev–Trinajstić information content (AvgIpc) is 2.04. The van der Waals surface area contributed by atoms with Gasteiger partial charge in [-0.05, 0) is 38.3 Å². The van der Waals surface area contributed by atoms with Crippen LogP contribution >= 0.6 is 0 Å². The van der Waals surface area contributed by atoms with E-state index in [1.807, 2.05) is 6.92 Å². The lowest BCUT2D eigenvalue weighted by Crippen LogP contribution is -2.34. The fraction of sp³-hybridized carbons (Fsp3) is 1.00. The molecule has 0 bridgehead atoms. The fourth-order valence-electron chi connectivity index (χ4n) is 1.82. The van der Waals surface area contributed by atoms with Crippen LogP contribution in [0.1, 0.15) is 26.2 Å². The normalized spacial score (nSPS) is 24.5. The van der Waals surface area contributed by atoms with E-state index < -0.39 is 9.84 Å². The van der Waals surface area contributed by atoms with Gasteiger partial charge in [0.2, 0.25) is 0 Å². The van der Waals surface area contributed by atoms with Gasteiger partial charge < -0.3 is 5.32 Å². The molecule has 1 atom stereocenters. The third-order valence-electron chi connectivity index (χ3n) is 2.40. The Labute approximate surface area is 80.8 Å². The van der Waals surface area contributed by atoms with Crippen molar-refractivity contribution in [3.05, 3.63) is 0 Å². The van der Waals surface area contributed by atoms with Crippen molar-refractivity contribution in [2.45, 2.75) is 26.2 Å². The van der Waals surface area contributed by atoms with E-state index in [9.17, 15) is 8.42 Å². The van der Waals surface area contributed by atoms with Crippen LogP contribution in [0.3, 0.4) is 0 Å². The van der Waals surface area contributed by atoms with E-state index in [0.29, 0.717) is 17.4 Å². The first-order chi connectivity index (χ1) is 6.14. The Morgan fingerprint density at radius 1 is 1.46 bits per heavy atom.